The first-order valence-electron chi connectivity index (χ1n) is 14.7. The Bertz CT molecular complexity index is 919. The molecule has 4 bridgehead atoms. The molecule has 2 heterocycles. The monoisotopic (exact) mass is 494 g/mol. The number of likely N-dealkylation sites (N-methyl/N-ethyl adjacent to an activating group) is 1. The van der Waals surface area contributed by atoms with Gasteiger partial charge in [-0.2, -0.15) is 0 Å². The van der Waals surface area contributed by atoms with Crippen molar-refractivity contribution in [2.75, 3.05) is 50.7 Å². The highest BCUT2D eigenvalue weighted by Crippen LogP contribution is 2.62. The lowest BCUT2D eigenvalue weighted by molar-refractivity contribution is -0.172. The standard InChI is InChI=1S/C30H46N4O2/c1-3-32-12-14-34(15-13-32)28(35)25-4-6-27(7-5-25)33-10-8-26(9-11-33)31-22(2)29-17-23-16-24(18-29)20-30(36,19-23)21-29/h4-7,22-24,26,31,36H,3,8-21H2,1-2H3. The third-order valence-electron chi connectivity index (χ3n) is 10.6. The van der Waals surface area contributed by atoms with Crippen LogP contribution in [0.5, 0.6) is 0 Å². The van der Waals surface area contributed by atoms with Crippen molar-refractivity contribution < 1.29 is 9.90 Å². The zero-order valence-corrected chi connectivity index (χ0v) is 22.4. The van der Waals surface area contributed by atoms with Crippen LogP contribution in [-0.4, -0.2) is 84.3 Å². The molecule has 6 aliphatic rings. The number of piperazine rings is 1. The normalized spacial score (nSPS) is 35.9. The van der Waals surface area contributed by atoms with Gasteiger partial charge in [-0.1, -0.05) is 6.92 Å². The Morgan fingerprint density at radius 2 is 1.64 bits per heavy atom. The molecule has 2 saturated heterocycles. The Kier molecular flexibility index (Phi) is 6.58. The van der Waals surface area contributed by atoms with E-state index in [1.54, 1.807) is 0 Å². The first-order valence-corrected chi connectivity index (χ1v) is 14.7. The molecule has 6 heteroatoms. The Hall–Kier alpha value is -1.63. The van der Waals surface area contributed by atoms with E-state index in [9.17, 15) is 9.90 Å². The number of anilines is 1. The number of hydrogen-bond acceptors (Lipinski definition) is 5. The van der Waals surface area contributed by atoms with Crippen LogP contribution in [0.2, 0.25) is 0 Å². The number of nitrogens with one attached hydrogen (secondary N) is 1. The molecular weight excluding hydrogens is 448 g/mol. The van der Waals surface area contributed by atoms with Gasteiger partial charge in [-0.3, -0.25) is 4.79 Å². The van der Waals surface area contributed by atoms with E-state index in [1.807, 2.05) is 17.0 Å². The second-order valence-corrected chi connectivity index (χ2v) is 13.0. The molecular formula is C30H46N4O2. The summed E-state index contributed by atoms with van der Waals surface area (Å²) in [7, 11) is 0. The van der Waals surface area contributed by atoms with Crippen LogP contribution in [0.1, 0.15) is 75.6 Å². The van der Waals surface area contributed by atoms with Crippen molar-refractivity contribution in [1.82, 2.24) is 15.1 Å². The second-order valence-electron chi connectivity index (χ2n) is 13.0. The smallest absolute Gasteiger partial charge is 0.253 e. The summed E-state index contributed by atoms with van der Waals surface area (Å²) in [6, 6.07) is 9.36. The highest BCUT2D eigenvalue weighted by Gasteiger charge is 2.58. The lowest BCUT2D eigenvalue weighted by Crippen LogP contribution is -2.62. The van der Waals surface area contributed by atoms with Crippen molar-refractivity contribution >= 4 is 11.6 Å². The van der Waals surface area contributed by atoms with E-state index in [2.05, 4.69) is 41.1 Å². The van der Waals surface area contributed by atoms with E-state index in [1.165, 1.54) is 24.9 Å². The van der Waals surface area contributed by atoms with E-state index < -0.39 is 0 Å². The maximum Gasteiger partial charge on any atom is 0.253 e. The van der Waals surface area contributed by atoms with Crippen molar-refractivity contribution in [2.45, 2.75) is 82.9 Å². The number of piperidine rings is 1. The van der Waals surface area contributed by atoms with Crippen LogP contribution >= 0.6 is 0 Å². The van der Waals surface area contributed by atoms with Crippen molar-refractivity contribution in [3.05, 3.63) is 29.8 Å². The molecule has 0 spiro atoms. The van der Waals surface area contributed by atoms with Gasteiger partial charge in [-0.05, 0) is 106 Å². The number of benzene rings is 1. The van der Waals surface area contributed by atoms with Crippen LogP contribution in [0, 0.1) is 17.3 Å². The average Bonchev–Trinajstić information content (AvgIpc) is 2.87. The molecule has 1 aromatic carbocycles. The average molecular weight is 495 g/mol. The van der Waals surface area contributed by atoms with Gasteiger partial charge in [-0.25, -0.2) is 0 Å². The SMILES string of the molecule is CCN1CCN(C(=O)c2ccc(N3CCC(NC(C)C45CC6CC(CC(O)(C6)C4)C5)CC3)cc2)CC1. The van der Waals surface area contributed by atoms with Crippen molar-refractivity contribution in [3.8, 4) is 0 Å². The van der Waals surface area contributed by atoms with E-state index >= 15 is 0 Å². The van der Waals surface area contributed by atoms with Crippen molar-refractivity contribution in [1.29, 1.82) is 0 Å². The summed E-state index contributed by atoms with van der Waals surface area (Å²) in [5.41, 5.74) is 1.98. The predicted molar refractivity (Wildman–Crippen MR) is 144 cm³/mol. The quantitative estimate of drug-likeness (QED) is 0.631. The molecule has 1 aromatic rings. The van der Waals surface area contributed by atoms with E-state index in [0.29, 0.717) is 17.5 Å². The van der Waals surface area contributed by atoms with Gasteiger partial charge in [-0.15, -0.1) is 0 Å². The number of aliphatic hydroxyl groups is 1. The minimum Gasteiger partial charge on any atom is -0.390 e. The zero-order chi connectivity index (χ0) is 24.9. The molecule has 3 unspecified atom stereocenters. The van der Waals surface area contributed by atoms with Crippen LogP contribution in [0.25, 0.3) is 0 Å². The Labute approximate surface area is 217 Å². The lowest BCUT2D eigenvalue weighted by Gasteiger charge is -2.62. The predicted octanol–water partition coefficient (Wildman–Crippen LogP) is 3.74. The summed E-state index contributed by atoms with van der Waals surface area (Å²) in [5.74, 6) is 1.67. The summed E-state index contributed by atoms with van der Waals surface area (Å²) in [5, 5.41) is 15.2. The molecule has 2 aliphatic heterocycles. The molecule has 0 aromatic heterocycles. The maximum absolute atomic E-state index is 12.9. The fraction of sp³-hybridized carbons (Fsp3) is 0.767. The van der Waals surface area contributed by atoms with Crippen LogP contribution in [-0.2, 0) is 0 Å². The lowest BCUT2D eigenvalue weighted by atomic mass is 9.46. The highest BCUT2D eigenvalue weighted by atomic mass is 16.3. The molecule has 2 N–H and O–H groups in total. The second kappa shape index (κ2) is 9.59. The summed E-state index contributed by atoms with van der Waals surface area (Å²) in [6.45, 7) is 11.4. The number of rotatable bonds is 6. The number of carbonyl (C=O) groups is 1. The first-order chi connectivity index (χ1) is 17.3. The van der Waals surface area contributed by atoms with Crippen molar-refractivity contribution in [3.63, 3.8) is 0 Å². The third-order valence-corrected chi connectivity index (χ3v) is 10.6. The Morgan fingerprint density at radius 3 is 2.22 bits per heavy atom. The molecule has 3 atom stereocenters. The van der Waals surface area contributed by atoms with Gasteiger partial charge in [0.2, 0.25) is 0 Å². The fourth-order valence-electron chi connectivity index (χ4n) is 8.89. The molecule has 4 aliphatic carbocycles. The number of hydrogen-bond donors (Lipinski definition) is 2. The molecule has 1 amide bonds. The number of nitrogens with zero attached hydrogens (tertiary/aromatic N) is 3. The van der Waals surface area contributed by atoms with Gasteiger partial charge >= 0.3 is 0 Å². The maximum atomic E-state index is 12.9. The topological polar surface area (TPSA) is 59.0 Å². The van der Waals surface area contributed by atoms with Gasteiger partial charge in [0.15, 0.2) is 0 Å². The summed E-state index contributed by atoms with van der Waals surface area (Å²) in [4.78, 5) is 19.8. The van der Waals surface area contributed by atoms with Crippen molar-refractivity contribution in [2.24, 2.45) is 17.3 Å². The van der Waals surface area contributed by atoms with Crippen LogP contribution < -0.4 is 10.2 Å². The van der Waals surface area contributed by atoms with Gasteiger partial charge in [0, 0.05) is 62.6 Å². The van der Waals surface area contributed by atoms with E-state index in [0.717, 1.165) is 95.3 Å². The fourth-order valence-corrected chi connectivity index (χ4v) is 8.89. The van der Waals surface area contributed by atoms with Gasteiger partial charge in [0.25, 0.3) is 5.91 Å². The molecule has 198 valence electrons. The van der Waals surface area contributed by atoms with Crippen LogP contribution in [0.15, 0.2) is 24.3 Å². The minimum atomic E-state index is -0.374. The molecule has 0 radical (unpaired) electrons. The molecule has 6 nitrogen and oxygen atoms in total. The Morgan fingerprint density at radius 1 is 1.00 bits per heavy atom. The number of amides is 1. The zero-order valence-electron chi connectivity index (χ0n) is 22.4. The molecule has 36 heavy (non-hydrogen) atoms. The molecule has 4 saturated carbocycles. The van der Waals surface area contributed by atoms with Gasteiger partial charge in [0.05, 0.1) is 5.60 Å². The largest absolute Gasteiger partial charge is 0.390 e. The summed E-state index contributed by atoms with van der Waals surface area (Å²) >= 11 is 0. The minimum absolute atomic E-state index is 0.170. The first kappa shape index (κ1) is 24.7. The summed E-state index contributed by atoms with van der Waals surface area (Å²) in [6.07, 6.45) is 9.41. The van der Waals surface area contributed by atoms with Gasteiger partial charge < -0.3 is 25.1 Å². The Balaban J connectivity index is 1.01. The number of carbonyl (C=O) groups excluding carboxylic acids is 1. The highest BCUT2D eigenvalue weighted by molar-refractivity contribution is 5.94. The van der Waals surface area contributed by atoms with Crippen LogP contribution in [0.4, 0.5) is 5.69 Å². The molecule has 6 fully saturated rings. The van der Waals surface area contributed by atoms with Crippen LogP contribution in [0.3, 0.4) is 0 Å². The van der Waals surface area contributed by atoms with Gasteiger partial charge in [0.1, 0.15) is 0 Å². The molecule has 7 rings (SSSR count). The van der Waals surface area contributed by atoms with E-state index in [-0.39, 0.29) is 11.5 Å². The third kappa shape index (κ3) is 4.69. The van der Waals surface area contributed by atoms with E-state index in [4.69, 9.17) is 0 Å². The summed E-state index contributed by atoms with van der Waals surface area (Å²) < 4.78 is 0.